The Balaban J connectivity index is 1.16. The SMILES string of the molecule is CCOc1ccccc1N1C(=O)CSC1=NC(=O)OCCc1ccc(-c2ncn(-c3ccc(OC(F)(F)F)cc3)n2)cc1. The monoisotopic (exact) mass is 611 g/mol. The molecule has 1 aliphatic heterocycles. The van der Waals surface area contributed by atoms with Gasteiger partial charge < -0.3 is 14.2 Å². The molecule has 43 heavy (non-hydrogen) atoms. The molecule has 0 spiro atoms. The van der Waals surface area contributed by atoms with Gasteiger partial charge in [-0.2, -0.15) is 4.99 Å². The number of nitrogens with zero attached hydrogens (tertiary/aromatic N) is 5. The molecule has 0 N–H and O–H groups in total. The number of amidine groups is 1. The fraction of sp³-hybridized carbons (Fsp3) is 0.207. The molecule has 0 bridgehead atoms. The molecule has 1 saturated heterocycles. The first kappa shape index (κ1) is 29.6. The summed E-state index contributed by atoms with van der Waals surface area (Å²) < 4.78 is 53.4. The molecule has 14 heteroatoms. The van der Waals surface area contributed by atoms with E-state index in [9.17, 15) is 22.8 Å². The van der Waals surface area contributed by atoms with Crippen LogP contribution in [0.15, 0.2) is 84.1 Å². The number of amides is 2. The predicted octanol–water partition coefficient (Wildman–Crippen LogP) is 6.05. The van der Waals surface area contributed by atoms with Gasteiger partial charge >= 0.3 is 12.5 Å². The molecule has 0 atom stereocenters. The van der Waals surface area contributed by atoms with Gasteiger partial charge in [0.25, 0.3) is 0 Å². The quantitative estimate of drug-likeness (QED) is 0.225. The van der Waals surface area contributed by atoms with E-state index >= 15 is 0 Å². The highest BCUT2D eigenvalue weighted by atomic mass is 32.2. The Morgan fingerprint density at radius 3 is 2.51 bits per heavy atom. The number of anilines is 1. The lowest BCUT2D eigenvalue weighted by Gasteiger charge is -2.19. The fourth-order valence-electron chi connectivity index (χ4n) is 4.11. The van der Waals surface area contributed by atoms with Crippen LogP contribution >= 0.6 is 11.8 Å². The largest absolute Gasteiger partial charge is 0.573 e. The van der Waals surface area contributed by atoms with Crippen molar-refractivity contribution in [2.24, 2.45) is 4.99 Å². The standard InChI is InChI=1S/C29H24F3N5O5S/c1-2-40-24-6-4-3-5-23(24)37-25(38)17-43-27(37)34-28(39)41-16-15-19-7-9-20(10-8-19)26-33-18-36(35-26)21-11-13-22(14-12-21)42-29(30,31)32/h3-14,18H,2,15-17H2,1H3. The molecule has 0 radical (unpaired) electrons. The Morgan fingerprint density at radius 1 is 1.05 bits per heavy atom. The van der Waals surface area contributed by atoms with E-state index in [4.69, 9.17) is 9.47 Å². The van der Waals surface area contributed by atoms with Gasteiger partial charge in [0.05, 0.1) is 30.3 Å². The topological polar surface area (TPSA) is 108 Å². The number of thioether (sulfide) groups is 1. The van der Waals surface area contributed by atoms with Crippen LogP contribution in [0.5, 0.6) is 11.5 Å². The number of hydrogen-bond acceptors (Lipinski definition) is 8. The van der Waals surface area contributed by atoms with Crippen molar-refractivity contribution in [3.63, 3.8) is 0 Å². The second-order valence-electron chi connectivity index (χ2n) is 8.93. The molecule has 4 aromatic rings. The molecule has 10 nitrogen and oxygen atoms in total. The van der Waals surface area contributed by atoms with E-state index in [1.165, 1.54) is 40.2 Å². The summed E-state index contributed by atoms with van der Waals surface area (Å²) in [6.07, 6.45) is -3.69. The normalized spacial score (nSPS) is 14.3. The number of rotatable bonds is 9. The molecule has 3 aromatic carbocycles. The van der Waals surface area contributed by atoms with Crippen molar-refractivity contribution in [2.45, 2.75) is 19.7 Å². The minimum Gasteiger partial charge on any atom is -0.492 e. The first-order chi connectivity index (χ1) is 20.7. The summed E-state index contributed by atoms with van der Waals surface area (Å²) in [5, 5.41) is 4.61. The number of benzene rings is 3. The number of carbonyl (C=O) groups excluding carboxylic acids is 2. The van der Waals surface area contributed by atoms with Gasteiger partial charge in [-0.15, -0.1) is 18.3 Å². The number of halogens is 3. The van der Waals surface area contributed by atoms with E-state index in [1.54, 1.807) is 24.3 Å². The lowest BCUT2D eigenvalue weighted by atomic mass is 10.1. The molecular formula is C29H24F3N5O5S. The van der Waals surface area contributed by atoms with Crippen LogP contribution < -0.4 is 14.4 Å². The van der Waals surface area contributed by atoms with E-state index in [1.807, 2.05) is 31.2 Å². The maximum absolute atomic E-state index is 12.5. The van der Waals surface area contributed by atoms with Crippen molar-refractivity contribution in [3.05, 3.63) is 84.7 Å². The molecule has 1 aromatic heterocycles. The Hall–Kier alpha value is -4.85. The van der Waals surface area contributed by atoms with Crippen LogP contribution in [0.2, 0.25) is 0 Å². The van der Waals surface area contributed by atoms with Crippen molar-refractivity contribution in [1.82, 2.24) is 14.8 Å². The maximum atomic E-state index is 12.5. The van der Waals surface area contributed by atoms with Crippen molar-refractivity contribution in [2.75, 3.05) is 23.9 Å². The molecule has 2 amide bonds. The van der Waals surface area contributed by atoms with Gasteiger partial charge in [-0.25, -0.2) is 14.5 Å². The fourth-order valence-corrected chi connectivity index (χ4v) is 4.96. The molecule has 2 heterocycles. The average Bonchev–Trinajstić information content (AvgIpc) is 3.61. The highest BCUT2D eigenvalue weighted by Crippen LogP contribution is 2.34. The zero-order chi connectivity index (χ0) is 30.4. The first-order valence-corrected chi connectivity index (χ1v) is 14.0. The summed E-state index contributed by atoms with van der Waals surface area (Å²) in [5.74, 6) is 0.541. The minimum absolute atomic E-state index is 0.0734. The molecule has 0 aliphatic carbocycles. The lowest BCUT2D eigenvalue weighted by Crippen LogP contribution is -2.30. The zero-order valence-electron chi connectivity index (χ0n) is 22.7. The van der Waals surface area contributed by atoms with Crippen molar-refractivity contribution in [1.29, 1.82) is 0 Å². The van der Waals surface area contributed by atoms with Gasteiger partial charge in [-0.1, -0.05) is 48.2 Å². The summed E-state index contributed by atoms with van der Waals surface area (Å²) >= 11 is 1.15. The predicted molar refractivity (Wildman–Crippen MR) is 154 cm³/mol. The molecule has 1 fully saturated rings. The number of aromatic nitrogens is 3. The molecule has 222 valence electrons. The Morgan fingerprint density at radius 2 is 1.79 bits per heavy atom. The molecule has 5 rings (SSSR count). The van der Waals surface area contributed by atoms with Crippen LogP contribution in [-0.4, -0.2) is 57.3 Å². The third-order valence-corrected chi connectivity index (χ3v) is 6.94. The molecule has 0 unspecified atom stereocenters. The summed E-state index contributed by atoms with van der Waals surface area (Å²) in [5.41, 5.74) is 2.64. The zero-order valence-corrected chi connectivity index (χ0v) is 23.5. The Labute approximate surface area is 248 Å². The minimum atomic E-state index is -4.76. The number of ether oxygens (including phenoxy) is 3. The van der Waals surface area contributed by atoms with Crippen LogP contribution in [-0.2, 0) is 16.0 Å². The van der Waals surface area contributed by atoms with Gasteiger partial charge in [0, 0.05) is 12.0 Å². The average molecular weight is 612 g/mol. The summed E-state index contributed by atoms with van der Waals surface area (Å²) in [7, 11) is 0. The van der Waals surface area contributed by atoms with Crippen LogP contribution in [0.1, 0.15) is 12.5 Å². The van der Waals surface area contributed by atoms with Gasteiger partial charge in [0.1, 0.15) is 17.8 Å². The molecule has 1 aliphatic rings. The number of para-hydroxylation sites is 2. The third kappa shape index (κ3) is 7.52. The van der Waals surface area contributed by atoms with Crippen LogP contribution in [0.4, 0.5) is 23.7 Å². The second-order valence-corrected chi connectivity index (χ2v) is 9.87. The van der Waals surface area contributed by atoms with Crippen LogP contribution in [0.25, 0.3) is 17.1 Å². The Bertz CT molecular complexity index is 1620. The van der Waals surface area contributed by atoms with E-state index in [-0.39, 0.29) is 29.2 Å². The van der Waals surface area contributed by atoms with E-state index in [0.29, 0.717) is 36.0 Å². The lowest BCUT2D eigenvalue weighted by molar-refractivity contribution is -0.274. The van der Waals surface area contributed by atoms with Gasteiger partial charge in [0.15, 0.2) is 11.0 Å². The van der Waals surface area contributed by atoms with Crippen molar-refractivity contribution in [3.8, 4) is 28.6 Å². The number of aliphatic imine (C=N–C) groups is 1. The Kier molecular flexibility index (Phi) is 8.95. The maximum Gasteiger partial charge on any atom is 0.573 e. The summed E-state index contributed by atoms with van der Waals surface area (Å²) in [6.45, 7) is 2.33. The first-order valence-electron chi connectivity index (χ1n) is 13.0. The summed E-state index contributed by atoms with van der Waals surface area (Å²) in [4.78, 5) is 34.7. The molecular weight excluding hydrogens is 587 g/mol. The van der Waals surface area contributed by atoms with E-state index in [0.717, 1.165) is 22.9 Å². The van der Waals surface area contributed by atoms with Crippen molar-refractivity contribution < 1.29 is 37.0 Å². The number of alkyl halides is 3. The van der Waals surface area contributed by atoms with E-state index < -0.39 is 12.5 Å². The number of hydrogen-bond donors (Lipinski definition) is 0. The molecule has 0 saturated carbocycles. The third-order valence-electron chi connectivity index (χ3n) is 6.01. The van der Waals surface area contributed by atoms with Gasteiger partial charge in [0.2, 0.25) is 5.91 Å². The van der Waals surface area contributed by atoms with Gasteiger partial charge in [-0.3, -0.25) is 9.69 Å². The van der Waals surface area contributed by atoms with E-state index in [2.05, 4.69) is 19.8 Å². The summed E-state index contributed by atoms with van der Waals surface area (Å²) in [6, 6.07) is 19.6. The van der Waals surface area contributed by atoms with Crippen LogP contribution in [0.3, 0.4) is 0 Å². The highest BCUT2D eigenvalue weighted by molar-refractivity contribution is 8.15. The second kappa shape index (κ2) is 13.0. The highest BCUT2D eigenvalue weighted by Gasteiger charge is 2.33. The van der Waals surface area contributed by atoms with Gasteiger partial charge in [-0.05, 0) is 48.9 Å². The van der Waals surface area contributed by atoms with Crippen LogP contribution in [0, 0.1) is 0 Å². The number of carbonyl (C=O) groups is 2. The van der Waals surface area contributed by atoms with Crippen molar-refractivity contribution >= 4 is 34.6 Å². The smallest absolute Gasteiger partial charge is 0.492 e.